The molecule has 0 aliphatic heterocycles. The van der Waals surface area contributed by atoms with Gasteiger partial charge in [-0.05, 0) is 54.2 Å². The summed E-state index contributed by atoms with van der Waals surface area (Å²) < 4.78 is 9.98. The highest BCUT2D eigenvalue weighted by Crippen LogP contribution is 2.37. The van der Waals surface area contributed by atoms with Crippen LogP contribution < -0.4 is 5.32 Å². The van der Waals surface area contributed by atoms with Crippen LogP contribution in [0.5, 0.6) is 0 Å². The normalized spacial score (nSPS) is 11.7. The third-order valence-corrected chi connectivity index (χ3v) is 7.17. The van der Waals surface area contributed by atoms with E-state index in [9.17, 15) is 9.59 Å². The first-order valence-corrected chi connectivity index (χ1v) is 12.4. The van der Waals surface area contributed by atoms with Gasteiger partial charge in [0.25, 0.3) is 0 Å². The zero-order chi connectivity index (χ0) is 24.9. The standard InChI is InChI=1S/C27H22Cl2N2O3S/c1-16-25(30-27(33)34-17(2)21-5-3-4-6-23(21)28)26(35-31-16)20-10-8-19(9-11-20)22-12-7-18(13-14-32)15-24(22)29/h3-12,14-15,17H,13H2,1-2H3,(H,30,33)/t17-/m1/s1. The predicted octanol–water partition coefficient (Wildman–Crippen LogP) is 8.14. The monoisotopic (exact) mass is 524 g/mol. The molecule has 0 fully saturated rings. The Morgan fingerprint density at radius 1 is 1.06 bits per heavy atom. The Bertz CT molecular complexity index is 1370. The molecule has 178 valence electrons. The Morgan fingerprint density at radius 3 is 2.46 bits per heavy atom. The molecule has 0 saturated carbocycles. The summed E-state index contributed by atoms with van der Waals surface area (Å²) in [7, 11) is 0. The Morgan fingerprint density at radius 2 is 1.77 bits per heavy atom. The molecule has 3 aromatic carbocycles. The SMILES string of the molecule is Cc1nsc(-c2ccc(-c3ccc(CC=O)cc3Cl)cc2)c1NC(=O)O[C@H](C)c1ccccc1Cl. The number of amides is 1. The highest BCUT2D eigenvalue weighted by Gasteiger charge is 2.19. The van der Waals surface area contributed by atoms with Crippen molar-refractivity contribution >= 4 is 52.8 Å². The fraction of sp³-hybridized carbons (Fsp3) is 0.148. The van der Waals surface area contributed by atoms with Gasteiger partial charge in [-0.1, -0.05) is 77.8 Å². The first-order valence-electron chi connectivity index (χ1n) is 10.9. The number of aryl methyl sites for hydroxylation is 1. The number of aromatic nitrogens is 1. The van der Waals surface area contributed by atoms with Gasteiger partial charge in [0.15, 0.2) is 0 Å². The van der Waals surface area contributed by atoms with Gasteiger partial charge in [-0.25, -0.2) is 4.79 Å². The van der Waals surface area contributed by atoms with Crippen molar-refractivity contribution in [1.82, 2.24) is 4.37 Å². The van der Waals surface area contributed by atoms with Gasteiger partial charge < -0.3 is 9.53 Å². The lowest BCUT2D eigenvalue weighted by molar-refractivity contribution is -0.107. The van der Waals surface area contributed by atoms with Crippen LogP contribution in [0.15, 0.2) is 66.7 Å². The molecule has 0 unspecified atom stereocenters. The van der Waals surface area contributed by atoms with Crippen LogP contribution in [0.4, 0.5) is 10.5 Å². The number of anilines is 1. The summed E-state index contributed by atoms with van der Waals surface area (Å²) >= 11 is 14.0. The molecule has 0 aliphatic rings. The van der Waals surface area contributed by atoms with Crippen LogP contribution in [0.1, 0.15) is 29.8 Å². The van der Waals surface area contributed by atoms with Gasteiger partial charge in [-0.3, -0.25) is 5.32 Å². The minimum Gasteiger partial charge on any atom is -0.441 e. The molecule has 5 nitrogen and oxygen atoms in total. The van der Waals surface area contributed by atoms with Crippen molar-refractivity contribution in [3.8, 4) is 21.6 Å². The maximum absolute atomic E-state index is 12.7. The van der Waals surface area contributed by atoms with E-state index >= 15 is 0 Å². The van der Waals surface area contributed by atoms with Gasteiger partial charge in [-0.15, -0.1) is 0 Å². The average Bonchev–Trinajstić information content (AvgIpc) is 3.19. The lowest BCUT2D eigenvalue weighted by Gasteiger charge is -2.16. The minimum atomic E-state index is -0.583. The molecule has 1 atom stereocenters. The number of rotatable bonds is 7. The molecular weight excluding hydrogens is 503 g/mol. The lowest BCUT2D eigenvalue weighted by atomic mass is 10.0. The highest BCUT2D eigenvalue weighted by atomic mass is 35.5. The highest BCUT2D eigenvalue weighted by molar-refractivity contribution is 7.10. The van der Waals surface area contributed by atoms with Crippen molar-refractivity contribution in [2.24, 2.45) is 0 Å². The van der Waals surface area contributed by atoms with Crippen LogP contribution in [-0.2, 0) is 16.0 Å². The first kappa shape index (κ1) is 24.9. The van der Waals surface area contributed by atoms with E-state index in [0.29, 0.717) is 27.8 Å². The second-order valence-corrected chi connectivity index (χ2v) is 9.52. The van der Waals surface area contributed by atoms with Gasteiger partial charge in [-0.2, -0.15) is 4.37 Å². The largest absolute Gasteiger partial charge is 0.441 e. The van der Waals surface area contributed by atoms with Crippen LogP contribution >= 0.6 is 34.7 Å². The summed E-state index contributed by atoms with van der Waals surface area (Å²) in [4.78, 5) is 24.2. The molecule has 4 aromatic rings. The third kappa shape index (κ3) is 5.73. The zero-order valence-corrected chi connectivity index (χ0v) is 21.4. The van der Waals surface area contributed by atoms with Crippen molar-refractivity contribution < 1.29 is 14.3 Å². The van der Waals surface area contributed by atoms with E-state index < -0.39 is 12.2 Å². The number of carbonyl (C=O) groups excluding carboxylic acids is 2. The predicted molar refractivity (Wildman–Crippen MR) is 142 cm³/mol. The Kier molecular flexibility index (Phi) is 7.86. The van der Waals surface area contributed by atoms with Crippen molar-refractivity contribution in [2.75, 3.05) is 5.32 Å². The van der Waals surface area contributed by atoms with E-state index in [4.69, 9.17) is 27.9 Å². The topological polar surface area (TPSA) is 68.3 Å². The zero-order valence-electron chi connectivity index (χ0n) is 19.0. The number of hydrogen-bond acceptors (Lipinski definition) is 5. The van der Waals surface area contributed by atoms with Crippen molar-refractivity contribution in [1.29, 1.82) is 0 Å². The number of ether oxygens (including phenoxy) is 1. The second-order valence-electron chi connectivity index (χ2n) is 7.93. The number of halogens is 2. The number of nitrogens with one attached hydrogen (secondary N) is 1. The molecule has 1 amide bonds. The summed E-state index contributed by atoms with van der Waals surface area (Å²) in [5, 5.41) is 3.97. The molecule has 4 rings (SSSR count). The maximum Gasteiger partial charge on any atom is 0.412 e. The fourth-order valence-electron chi connectivity index (χ4n) is 3.69. The third-order valence-electron chi connectivity index (χ3n) is 5.53. The van der Waals surface area contributed by atoms with Crippen LogP contribution in [0.25, 0.3) is 21.6 Å². The van der Waals surface area contributed by atoms with Gasteiger partial charge in [0.1, 0.15) is 12.4 Å². The smallest absolute Gasteiger partial charge is 0.412 e. The summed E-state index contributed by atoms with van der Waals surface area (Å²) in [6, 6.07) is 20.7. The Balaban J connectivity index is 1.52. The molecule has 0 spiro atoms. The van der Waals surface area contributed by atoms with Gasteiger partial charge in [0.05, 0.1) is 16.3 Å². The molecule has 8 heteroatoms. The Labute approximate surface area is 217 Å². The van der Waals surface area contributed by atoms with Crippen molar-refractivity contribution in [3.63, 3.8) is 0 Å². The van der Waals surface area contributed by atoms with Crippen LogP contribution in [0, 0.1) is 6.92 Å². The number of aldehydes is 1. The molecular formula is C27H22Cl2N2O3S. The fourth-order valence-corrected chi connectivity index (χ4v) is 5.14. The first-order chi connectivity index (χ1) is 16.9. The van der Waals surface area contributed by atoms with Crippen molar-refractivity contribution in [2.45, 2.75) is 26.4 Å². The summed E-state index contributed by atoms with van der Waals surface area (Å²) in [5.41, 5.74) is 5.64. The molecule has 1 aromatic heterocycles. The van der Waals surface area contributed by atoms with Crippen LogP contribution in [0.2, 0.25) is 10.0 Å². The molecule has 1 N–H and O–H groups in total. The molecule has 0 saturated heterocycles. The van der Waals surface area contributed by atoms with E-state index in [1.54, 1.807) is 13.0 Å². The summed E-state index contributed by atoms with van der Waals surface area (Å²) in [5.74, 6) is 0. The minimum absolute atomic E-state index is 0.332. The average molecular weight is 525 g/mol. The number of carbonyl (C=O) groups is 2. The summed E-state index contributed by atoms with van der Waals surface area (Å²) in [6.45, 7) is 3.61. The molecule has 1 heterocycles. The second kappa shape index (κ2) is 11.0. The number of benzene rings is 3. The lowest BCUT2D eigenvalue weighted by Crippen LogP contribution is -2.16. The van der Waals surface area contributed by atoms with Crippen LogP contribution in [0.3, 0.4) is 0 Å². The molecule has 0 bridgehead atoms. The number of nitrogens with zero attached hydrogens (tertiary/aromatic N) is 1. The van der Waals surface area contributed by atoms with Crippen LogP contribution in [-0.4, -0.2) is 16.8 Å². The molecule has 35 heavy (non-hydrogen) atoms. The maximum atomic E-state index is 12.7. The van der Waals surface area contributed by atoms with Gasteiger partial charge in [0, 0.05) is 27.6 Å². The summed E-state index contributed by atoms with van der Waals surface area (Å²) in [6.07, 6.45) is 0.0940. The molecule has 0 aliphatic carbocycles. The van der Waals surface area contributed by atoms with Gasteiger partial charge >= 0.3 is 6.09 Å². The van der Waals surface area contributed by atoms with Gasteiger partial charge in [0.2, 0.25) is 0 Å². The molecule has 0 radical (unpaired) electrons. The van der Waals surface area contributed by atoms with E-state index in [0.717, 1.165) is 39.0 Å². The van der Waals surface area contributed by atoms with E-state index in [1.165, 1.54) is 11.5 Å². The van der Waals surface area contributed by atoms with E-state index in [2.05, 4.69) is 9.69 Å². The number of hydrogen-bond donors (Lipinski definition) is 1. The Hall–Kier alpha value is -3.19. The van der Waals surface area contributed by atoms with E-state index in [1.807, 2.05) is 67.6 Å². The van der Waals surface area contributed by atoms with E-state index in [-0.39, 0.29) is 0 Å². The van der Waals surface area contributed by atoms with Crippen molar-refractivity contribution in [3.05, 3.63) is 93.6 Å². The quantitative estimate of drug-likeness (QED) is 0.247.